The van der Waals surface area contributed by atoms with Crippen LogP contribution in [0.1, 0.15) is 15.9 Å². The molecule has 0 radical (unpaired) electrons. The molecule has 0 atom stereocenters. The van der Waals surface area contributed by atoms with Crippen molar-refractivity contribution in [1.29, 1.82) is 0 Å². The van der Waals surface area contributed by atoms with Crippen LogP contribution >= 0.6 is 0 Å². The number of aryl methyl sites for hydroxylation is 1. The van der Waals surface area contributed by atoms with Crippen molar-refractivity contribution in [2.75, 3.05) is 5.73 Å². The summed E-state index contributed by atoms with van der Waals surface area (Å²) in [5.74, 6) is -0.847. The number of nitrogens with zero attached hydrogens (tertiary/aromatic N) is 2. The molecule has 6 nitrogen and oxygen atoms in total. The first-order chi connectivity index (χ1) is 8.58. The maximum atomic E-state index is 11.1. The number of carbonyl (C=O) groups is 1. The molecule has 1 aromatic carbocycles. The van der Waals surface area contributed by atoms with Gasteiger partial charge in [-0.05, 0) is 12.1 Å². The van der Waals surface area contributed by atoms with E-state index >= 15 is 0 Å². The van der Waals surface area contributed by atoms with Gasteiger partial charge in [0.05, 0.1) is 6.20 Å². The zero-order chi connectivity index (χ0) is 13.1. The molecule has 3 N–H and O–H groups in total. The highest BCUT2D eigenvalue weighted by molar-refractivity contribution is 5.96. The smallest absolute Gasteiger partial charge is 0.341 e. The van der Waals surface area contributed by atoms with Crippen LogP contribution in [0.5, 0.6) is 5.75 Å². The SMILES string of the molecule is Cn1cc(COc2cccc(N)c2C(=O)O)cn1. The summed E-state index contributed by atoms with van der Waals surface area (Å²) in [6.07, 6.45) is 3.46. The van der Waals surface area contributed by atoms with Gasteiger partial charge in [-0.1, -0.05) is 6.07 Å². The molecule has 0 aliphatic rings. The number of nitrogen functional groups attached to an aromatic ring is 1. The van der Waals surface area contributed by atoms with Crippen LogP contribution in [0.2, 0.25) is 0 Å². The molecular weight excluding hydrogens is 234 g/mol. The van der Waals surface area contributed by atoms with Gasteiger partial charge in [-0.3, -0.25) is 4.68 Å². The predicted octanol–water partition coefficient (Wildman–Crippen LogP) is 1.28. The van der Waals surface area contributed by atoms with Gasteiger partial charge in [-0.15, -0.1) is 0 Å². The molecule has 0 unspecified atom stereocenters. The number of hydrogen-bond acceptors (Lipinski definition) is 4. The molecule has 0 amide bonds. The maximum Gasteiger partial charge on any atom is 0.341 e. The Bertz CT molecular complexity index is 578. The van der Waals surface area contributed by atoms with Gasteiger partial charge in [-0.25, -0.2) is 4.79 Å². The number of carboxylic acids is 1. The predicted molar refractivity (Wildman–Crippen MR) is 65.4 cm³/mol. The third kappa shape index (κ3) is 2.42. The van der Waals surface area contributed by atoms with Crippen molar-refractivity contribution >= 4 is 11.7 Å². The largest absolute Gasteiger partial charge is 0.488 e. The summed E-state index contributed by atoms with van der Waals surface area (Å²) in [7, 11) is 1.80. The quantitative estimate of drug-likeness (QED) is 0.794. The van der Waals surface area contributed by atoms with Crippen LogP contribution in [0.3, 0.4) is 0 Å². The van der Waals surface area contributed by atoms with Crippen molar-refractivity contribution < 1.29 is 14.6 Å². The van der Waals surface area contributed by atoms with Gasteiger partial charge in [0.25, 0.3) is 0 Å². The van der Waals surface area contributed by atoms with E-state index in [1.165, 1.54) is 6.07 Å². The molecule has 94 valence electrons. The van der Waals surface area contributed by atoms with Gasteiger partial charge in [0.1, 0.15) is 17.9 Å². The normalized spacial score (nSPS) is 10.3. The minimum absolute atomic E-state index is 0.0126. The van der Waals surface area contributed by atoms with E-state index in [1.807, 2.05) is 0 Å². The van der Waals surface area contributed by atoms with Gasteiger partial charge < -0.3 is 15.6 Å². The van der Waals surface area contributed by atoms with Crippen LogP contribution < -0.4 is 10.5 Å². The lowest BCUT2D eigenvalue weighted by Crippen LogP contribution is -2.06. The number of anilines is 1. The zero-order valence-corrected chi connectivity index (χ0v) is 9.83. The van der Waals surface area contributed by atoms with Crippen LogP contribution in [-0.2, 0) is 13.7 Å². The second-order valence-corrected chi connectivity index (χ2v) is 3.84. The highest BCUT2D eigenvalue weighted by atomic mass is 16.5. The summed E-state index contributed by atoms with van der Waals surface area (Å²) in [6, 6.07) is 4.76. The Morgan fingerprint density at radius 3 is 2.94 bits per heavy atom. The first-order valence-corrected chi connectivity index (χ1v) is 5.30. The molecule has 0 aliphatic heterocycles. The van der Waals surface area contributed by atoms with Crippen molar-refractivity contribution in [3.8, 4) is 5.75 Å². The zero-order valence-electron chi connectivity index (χ0n) is 9.83. The number of aromatic nitrogens is 2. The minimum Gasteiger partial charge on any atom is -0.488 e. The summed E-state index contributed by atoms with van der Waals surface area (Å²) < 4.78 is 7.11. The average Bonchev–Trinajstić information content (AvgIpc) is 2.72. The fraction of sp³-hybridized carbons (Fsp3) is 0.167. The number of ether oxygens (including phenoxy) is 1. The van der Waals surface area contributed by atoms with Gasteiger partial charge in [-0.2, -0.15) is 5.10 Å². The third-order valence-electron chi connectivity index (χ3n) is 2.43. The summed E-state index contributed by atoms with van der Waals surface area (Å²) in [5, 5.41) is 13.1. The number of carboxylic acid groups (broad SMARTS) is 1. The van der Waals surface area contributed by atoms with Crippen molar-refractivity contribution in [2.24, 2.45) is 7.05 Å². The monoisotopic (exact) mass is 247 g/mol. The molecule has 0 aliphatic carbocycles. The van der Waals surface area contributed by atoms with Gasteiger partial charge in [0.15, 0.2) is 0 Å². The van der Waals surface area contributed by atoms with Crippen LogP contribution in [0.15, 0.2) is 30.6 Å². The van der Waals surface area contributed by atoms with Gasteiger partial charge in [0, 0.05) is 24.5 Å². The minimum atomic E-state index is -1.10. The van der Waals surface area contributed by atoms with E-state index in [0.29, 0.717) is 0 Å². The van der Waals surface area contributed by atoms with Gasteiger partial charge >= 0.3 is 5.97 Å². The highest BCUT2D eigenvalue weighted by Gasteiger charge is 2.15. The molecule has 0 fully saturated rings. The number of aromatic carboxylic acids is 1. The molecule has 0 bridgehead atoms. The van der Waals surface area contributed by atoms with Gasteiger partial charge in [0.2, 0.25) is 0 Å². The Balaban J connectivity index is 2.19. The molecule has 1 heterocycles. The van der Waals surface area contributed by atoms with E-state index in [-0.39, 0.29) is 23.6 Å². The Labute approximate surface area is 104 Å². The molecule has 2 rings (SSSR count). The van der Waals surface area contributed by atoms with Crippen LogP contribution in [0.25, 0.3) is 0 Å². The molecule has 2 aromatic rings. The van der Waals surface area contributed by atoms with Crippen molar-refractivity contribution in [1.82, 2.24) is 9.78 Å². The van der Waals surface area contributed by atoms with E-state index in [1.54, 1.807) is 36.3 Å². The molecular formula is C12H13N3O3. The van der Waals surface area contributed by atoms with E-state index in [9.17, 15) is 4.79 Å². The lowest BCUT2D eigenvalue weighted by Gasteiger charge is -2.09. The molecule has 6 heteroatoms. The van der Waals surface area contributed by atoms with E-state index in [4.69, 9.17) is 15.6 Å². The summed E-state index contributed by atoms with van der Waals surface area (Å²) >= 11 is 0. The molecule has 0 saturated carbocycles. The molecule has 1 aromatic heterocycles. The lowest BCUT2D eigenvalue weighted by molar-refractivity contribution is 0.0693. The summed E-state index contributed by atoms with van der Waals surface area (Å²) in [6.45, 7) is 0.248. The third-order valence-corrected chi connectivity index (χ3v) is 2.43. The standard InChI is InChI=1S/C12H13N3O3/c1-15-6-8(5-14-15)7-18-10-4-2-3-9(13)11(10)12(16)17/h2-6H,7,13H2,1H3,(H,16,17). The van der Waals surface area contributed by atoms with Crippen LogP contribution in [0, 0.1) is 0 Å². The molecule has 0 saturated heterocycles. The van der Waals surface area contributed by atoms with Crippen molar-refractivity contribution in [3.05, 3.63) is 41.7 Å². The Hall–Kier alpha value is -2.50. The van der Waals surface area contributed by atoms with E-state index in [0.717, 1.165) is 5.56 Å². The van der Waals surface area contributed by atoms with E-state index in [2.05, 4.69) is 5.10 Å². The first kappa shape index (κ1) is 12.0. The molecule has 18 heavy (non-hydrogen) atoms. The maximum absolute atomic E-state index is 11.1. The Morgan fingerprint density at radius 2 is 2.33 bits per heavy atom. The summed E-state index contributed by atoms with van der Waals surface area (Å²) in [5.41, 5.74) is 6.65. The molecule has 0 spiro atoms. The van der Waals surface area contributed by atoms with Crippen LogP contribution in [0.4, 0.5) is 5.69 Å². The first-order valence-electron chi connectivity index (χ1n) is 5.30. The Kier molecular flexibility index (Phi) is 3.18. The topological polar surface area (TPSA) is 90.4 Å². The fourth-order valence-corrected chi connectivity index (χ4v) is 1.60. The van der Waals surface area contributed by atoms with Crippen LogP contribution in [-0.4, -0.2) is 20.9 Å². The van der Waals surface area contributed by atoms with E-state index < -0.39 is 5.97 Å². The lowest BCUT2D eigenvalue weighted by atomic mass is 10.1. The second-order valence-electron chi connectivity index (χ2n) is 3.84. The number of hydrogen-bond donors (Lipinski definition) is 2. The number of rotatable bonds is 4. The second kappa shape index (κ2) is 4.79. The number of nitrogens with two attached hydrogens (primary N) is 1. The van der Waals surface area contributed by atoms with Crippen molar-refractivity contribution in [3.63, 3.8) is 0 Å². The average molecular weight is 247 g/mol. The summed E-state index contributed by atoms with van der Waals surface area (Å²) in [4.78, 5) is 11.1. The van der Waals surface area contributed by atoms with Crippen molar-refractivity contribution in [2.45, 2.75) is 6.61 Å². The highest BCUT2D eigenvalue weighted by Crippen LogP contribution is 2.25. The Morgan fingerprint density at radius 1 is 1.56 bits per heavy atom. The fourth-order valence-electron chi connectivity index (χ4n) is 1.60. The number of benzene rings is 1.